The summed E-state index contributed by atoms with van der Waals surface area (Å²) in [6, 6.07) is 3.32. The Morgan fingerprint density at radius 2 is 2.00 bits per heavy atom. The summed E-state index contributed by atoms with van der Waals surface area (Å²) in [5, 5.41) is 20.6. The van der Waals surface area contributed by atoms with Crippen molar-refractivity contribution in [2.45, 2.75) is 19.8 Å². The van der Waals surface area contributed by atoms with Crippen LogP contribution >= 0.6 is 15.9 Å². The lowest BCUT2D eigenvalue weighted by atomic mass is 10.2. The van der Waals surface area contributed by atoms with E-state index >= 15 is 0 Å². The van der Waals surface area contributed by atoms with E-state index in [2.05, 4.69) is 21.2 Å². The summed E-state index contributed by atoms with van der Waals surface area (Å²) in [6.45, 7) is 1.82. The molecule has 0 aliphatic rings. The summed E-state index contributed by atoms with van der Waals surface area (Å²) in [6.07, 6.45) is -0.361. The molecule has 6 heteroatoms. The Morgan fingerprint density at radius 1 is 1.35 bits per heavy atom. The molecule has 0 aliphatic heterocycles. The molecule has 0 saturated carbocycles. The number of carboxylic acid groups (broad SMARTS) is 1. The van der Waals surface area contributed by atoms with Gasteiger partial charge in [-0.05, 0) is 40.5 Å². The Balaban J connectivity index is 2.74. The fourth-order valence-corrected chi connectivity index (χ4v) is 1.84. The number of halogens is 1. The molecule has 0 aliphatic carbocycles. The molecule has 0 aromatic heterocycles. The van der Waals surface area contributed by atoms with Gasteiger partial charge in [0.05, 0.1) is 16.6 Å². The summed E-state index contributed by atoms with van der Waals surface area (Å²) in [4.78, 5) is 21.7. The molecule has 1 aromatic carbocycles. The van der Waals surface area contributed by atoms with Gasteiger partial charge in [-0.3, -0.25) is 9.59 Å². The Kier molecular flexibility index (Phi) is 4.51. The zero-order chi connectivity index (χ0) is 13.0. The first-order valence-corrected chi connectivity index (χ1v) is 5.70. The van der Waals surface area contributed by atoms with E-state index in [1.165, 1.54) is 0 Å². The van der Waals surface area contributed by atoms with Gasteiger partial charge in [0.25, 0.3) is 0 Å². The van der Waals surface area contributed by atoms with Crippen molar-refractivity contribution in [1.29, 1.82) is 0 Å². The molecule has 17 heavy (non-hydrogen) atoms. The van der Waals surface area contributed by atoms with Crippen molar-refractivity contribution in [3.05, 3.63) is 22.2 Å². The highest BCUT2D eigenvalue weighted by atomic mass is 79.9. The first-order valence-electron chi connectivity index (χ1n) is 4.91. The zero-order valence-electron chi connectivity index (χ0n) is 9.16. The number of nitrogens with one attached hydrogen (secondary N) is 1. The van der Waals surface area contributed by atoms with E-state index in [0.29, 0.717) is 4.47 Å². The largest absolute Gasteiger partial charge is 0.505 e. The number of hydrogen-bond donors (Lipinski definition) is 3. The third-order valence-corrected chi connectivity index (χ3v) is 2.65. The van der Waals surface area contributed by atoms with Crippen LogP contribution in [0.25, 0.3) is 0 Å². The van der Waals surface area contributed by atoms with Gasteiger partial charge >= 0.3 is 5.97 Å². The monoisotopic (exact) mass is 301 g/mol. The highest BCUT2D eigenvalue weighted by Gasteiger charge is 2.11. The number of carbonyl (C=O) groups excluding carboxylic acids is 1. The molecular formula is C11H12BrNO4. The van der Waals surface area contributed by atoms with Crippen LogP contribution < -0.4 is 5.32 Å². The van der Waals surface area contributed by atoms with Crippen molar-refractivity contribution in [3.8, 4) is 5.75 Å². The molecule has 0 atom stereocenters. The normalized spacial score (nSPS) is 10.0. The second-order valence-corrected chi connectivity index (χ2v) is 4.44. The smallest absolute Gasteiger partial charge is 0.303 e. The van der Waals surface area contributed by atoms with Crippen molar-refractivity contribution in [3.63, 3.8) is 0 Å². The van der Waals surface area contributed by atoms with Crippen molar-refractivity contribution in [2.75, 3.05) is 5.32 Å². The summed E-state index contributed by atoms with van der Waals surface area (Å²) < 4.78 is 0.478. The third kappa shape index (κ3) is 4.07. The average Bonchev–Trinajstić information content (AvgIpc) is 2.22. The predicted octanol–water partition coefficient (Wildman–Crippen LogP) is 2.27. The first-order chi connectivity index (χ1) is 7.90. The van der Waals surface area contributed by atoms with Gasteiger partial charge in [0.2, 0.25) is 5.91 Å². The second kappa shape index (κ2) is 5.67. The molecule has 1 rings (SSSR count). The standard InChI is InChI=1S/C11H12BrNO4/c1-6-4-7(12)11(17)8(5-6)13-9(14)2-3-10(15)16/h4-5,17H,2-3H2,1H3,(H,13,14)(H,15,16). The molecule has 1 aromatic rings. The molecule has 0 spiro atoms. The Morgan fingerprint density at radius 3 is 2.59 bits per heavy atom. The van der Waals surface area contributed by atoms with Crippen LogP contribution in [-0.4, -0.2) is 22.1 Å². The molecular weight excluding hydrogens is 290 g/mol. The van der Waals surface area contributed by atoms with Crippen LogP contribution in [0.15, 0.2) is 16.6 Å². The molecule has 0 heterocycles. The molecule has 0 radical (unpaired) electrons. The fourth-order valence-electron chi connectivity index (χ4n) is 1.26. The zero-order valence-corrected chi connectivity index (χ0v) is 10.7. The predicted molar refractivity (Wildman–Crippen MR) is 66.0 cm³/mol. The lowest BCUT2D eigenvalue weighted by Gasteiger charge is -2.09. The van der Waals surface area contributed by atoms with E-state index in [0.717, 1.165) is 5.56 Å². The summed E-state index contributed by atoms with van der Waals surface area (Å²) in [5.74, 6) is -1.55. The van der Waals surface area contributed by atoms with E-state index in [1.54, 1.807) is 12.1 Å². The van der Waals surface area contributed by atoms with Gasteiger partial charge in [-0.25, -0.2) is 0 Å². The number of phenols is 1. The molecule has 92 valence electrons. The lowest BCUT2D eigenvalue weighted by molar-refractivity contribution is -0.138. The topological polar surface area (TPSA) is 86.6 Å². The van der Waals surface area contributed by atoms with Crippen molar-refractivity contribution in [1.82, 2.24) is 0 Å². The van der Waals surface area contributed by atoms with Crippen LogP contribution in [0, 0.1) is 6.92 Å². The molecule has 5 nitrogen and oxygen atoms in total. The lowest BCUT2D eigenvalue weighted by Crippen LogP contribution is -2.13. The van der Waals surface area contributed by atoms with Crippen LogP contribution in [0.5, 0.6) is 5.75 Å². The average molecular weight is 302 g/mol. The van der Waals surface area contributed by atoms with E-state index < -0.39 is 11.9 Å². The minimum absolute atomic E-state index is 0.0701. The highest BCUT2D eigenvalue weighted by molar-refractivity contribution is 9.10. The Labute approximate surface area is 107 Å². The quantitative estimate of drug-likeness (QED) is 0.745. The molecule has 0 unspecified atom stereocenters. The number of hydrogen-bond acceptors (Lipinski definition) is 3. The van der Waals surface area contributed by atoms with Crippen LogP contribution in [0.1, 0.15) is 18.4 Å². The van der Waals surface area contributed by atoms with Gasteiger partial charge in [-0.15, -0.1) is 0 Å². The Hall–Kier alpha value is -1.56. The molecule has 0 bridgehead atoms. The number of benzene rings is 1. The van der Waals surface area contributed by atoms with Gasteiger partial charge in [-0.2, -0.15) is 0 Å². The third-order valence-electron chi connectivity index (χ3n) is 2.05. The maximum atomic E-state index is 11.4. The number of amides is 1. The van der Waals surface area contributed by atoms with E-state index in [9.17, 15) is 14.7 Å². The molecule has 1 amide bonds. The number of anilines is 1. The highest BCUT2D eigenvalue weighted by Crippen LogP contribution is 2.33. The number of aliphatic carboxylic acids is 1. The maximum absolute atomic E-state index is 11.4. The van der Waals surface area contributed by atoms with Crippen molar-refractivity contribution >= 4 is 33.5 Å². The van der Waals surface area contributed by atoms with Crippen LogP contribution in [-0.2, 0) is 9.59 Å². The minimum atomic E-state index is -1.03. The van der Waals surface area contributed by atoms with E-state index in [4.69, 9.17) is 5.11 Å². The molecule has 0 fully saturated rings. The number of aromatic hydroxyl groups is 1. The maximum Gasteiger partial charge on any atom is 0.303 e. The van der Waals surface area contributed by atoms with Crippen LogP contribution in [0.3, 0.4) is 0 Å². The number of carboxylic acids is 1. The van der Waals surface area contributed by atoms with Gasteiger partial charge in [0.1, 0.15) is 0 Å². The van der Waals surface area contributed by atoms with Crippen LogP contribution in [0.4, 0.5) is 5.69 Å². The SMILES string of the molecule is Cc1cc(Br)c(O)c(NC(=O)CCC(=O)O)c1. The molecule has 0 saturated heterocycles. The van der Waals surface area contributed by atoms with Gasteiger partial charge in [-0.1, -0.05) is 0 Å². The fraction of sp³-hybridized carbons (Fsp3) is 0.273. The second-order valence-electron chi connectivity index (χ2n) is 3.58. The summed E-state index contributed by atoms with van der Waals surface area (Å²) >= 11 is 3.15. The summed E-state index contributed by atoms with van der Waals surface area (Å²) in [7, 11) is 0. The Bertz CT molecular complexity index is 459. The number of aryl methyl sites for hydroxylation is 1. The summed E-state index contributed by atoms with van der Waals surface area (Å²) in [5.41, 5.74) is 1.13. The number of phenolic OH excluding ortho intramolecular Hbond substituents is 1. The first kappa shape index (κ1) is 13.5. The van der Waals surface area contributed by atoms with E-state index in [1.807, 2.05) is 6.92 Å². The number of carbonyl (C=O) groups is 2. The van der Waals surface area contributed by atoms with Crippen molar-refractivity contribution in [2.24, 2.45) is 0 Å². The molecule has 3 N–H and O–H groups in total. The van der Waals surface area contributed by atoms with Gasteiger partial charge < -0.3 is 15.5 Å². The van der Waals surface area contributed by atoms with E-state index in [-0.39, 0.29) is 24.3 Å². The van der Waals surface area contributed by atoms with Gasteiger partial charge in [0.15, 0.2) is 5.75 Å². The minimum Gasteiger partial charge on any atom is -0.505 e. The number of rotatable bonds is 4. The van der Waals surface area contributed by atoms with Crippen LogP contribution in [0.2, 0.25) is 0 Å². The van der Waals surface area contributed by atoms with Crippen molar-refractivity contribution < 1.29 is 19.8 Å². The van der Waals surface area contributed by atoms with Gasteiger partial charge in [0, 0.05) is 6.42 Å².